The zero-order valence-corrected chi connectivity index (χ0v) is 48.3. The smallest absolute Gasteiger partial charge is 0.306 e. The van der Waals surface area contributed by atoms with Gasteiger partial charge in [-0.2, -0.15) is 0 Å². The molecule has 71 heavy (non-hydrogen) atoms. The Kier molecular flexibility index (Phi) is 59.1. The zero-order chi connectivity index (χ0) is 51.4. The van der Waals surface area contributed by atoms with Crippen LogP contribution in [0.2, 0.25) is 0 Å². The molecule has 0 N–H and O–H groups in total. The van der Waals surface area contributed by atoms with Crippen molar-refractivity contribution >= 4 is 17.9 Å². The lowest BCUT2D eigenvalue weighted by molar-refractivity contribution is -0.167. The molecule has 0 bridgehead atoms. The van der Waals surface area contributed by atoms with Gasteiger partial charge in [-0.15, -0.1) is 0 Å². The van der Waals surface area contributed by atoms with Crippen LogP contribution in [0.15, 0.2) is 12.2 Å². The standard InChI is InChI=1S/C65H124O6/c1-4-7-10-13-15-17-19-21-22-23-24-25-26-27-28-29-30-31-32-33-34-35-36-37-38-39-40-41-42-44-45-47-49-52-55-58-64(67)70-61-62(60-69-63(66)57-54-51-12-9-6-3)71-65(68)59-56-53-50-48-46-43-20-18-16-14-11-8-5-2/h18,20,62H,4-17,19,21-61H2,1-3H3/b20-18-. The highest BCUT2D eigenvalue weighted by molar-refractivity contribution is 5.71. The molecule has 0 aromatic rings. The van der Waals surface area contributed by atoms with Crippen molar-refractivity contribution in [1.29, 1.82) is 0 Å². The van der Waals surface area contributed by atoms with E-state index in [1.165, 1.54) is 257 Å². The number of hydrogen-bond donors (Lipinski definition) is 0. The fourth-order valence-electron chi connectivity index (χ4n) is 9.91. The minimum Gasteiger partial charge on any atom is -0.462 e. The van der Waals surface area contributed by atoms with E-state index >= 15 is 0 Å². The zero-order valence-electron chi connectivity index (χ0n) is 48.3. The first-order chi connectivity index (χ1) is 35.0. The molecule has 0 amide bonds. The molecule has 0 saturated carbocycles. The summed E-state index contributed by atoms with van der Waals surface area (Å²) in [5.74, 6) is -0.873. The summed E-state index contributed by atoms with van der Waals surface area (Å²) in [5.41, 5.74) is 0. The molecule has 0 rings (SSSR count). The van der Waals surface area contributed by atoms with Gasteiger partial charge < -0.3 is 14.2 Å². The van der Waals surface area contributed by atoms with Crippen molar-refractivity contribution in [3.8, 4) is 0 Å². The molecule has 6 nitrogen and oxygen atoms in total. The first-order valence-electron chi connectivity index (χ1n) is 32.2. The highest BCUT2D eigenvalue weighted by atomic mass is 16.6. The van der Waals surface area contributed by atoms with E-state index in [0.717, 1.165) is 70.6 Å². The van der Waals surface area contributed by atoms with Crippen LogP contribution >= 0.6 is 0 Å². The van der Waals surface area contributed by atoms with Gasteiger partial charge in [-0.05, 0) is 44.9 Å². The molecule has 6 heteroatoms. The molecule has 0 heterocycles. The maximum atomic E-state index is 12.7. The lowest BCUT2D eigenvalue weighted by Gasteiger charge is -2.18. The van der Waals surface area contributed by atoms with E-state index in [4.69, 9.17) is 14.2 Å². The van der Waals surface area contributed by atoms with Crippen molar-refractivity contribution in [2.24, 2.45) is 0 Å². The molecule has 0 saturated heterocycles. The second kappa shape index (κ2) is 60.7. The Hall–Kier alpha value is -1.85. The van der Waals surface area contributed by atoms with E-state index in [1.807, 2.05) is 0 Å². The van der Waals surface area contributed by atoms with Crippen LogP contribution in [-0.4, -0.2) is 37.2 Å². The quantitative estimate of drug-likeness (QED) is 0.0261. The molecule has 1 unspecified atom stereocenters. The fourth-order valence-corrected chi connectivity index (χ4v) is 9.91. The van der Waals surface area contributed by atoms with Crippen LogP contribution in [0.25, 0.3) is 0 Å². The highest BCUT2D eigenvalue weighted by Crippen LogP contribution is 2.18. The first kappa shape index (κ1) is 69.2. The summed E-state index contributed by atoms with van der Waals surface area (Å²) in [7, 11) is 0. The number of carbonyl (C=O) groups excluding carboxylic acids is 3. The maximum Gasteiger partial charge on any atom is 0.306 e. The molecule has 0 aromatic heterocycles. The summed E-state index contributed by atoms with van der Waals surface area (Å²) in [6.45, 7) is 6.58. The number of ether oxygens (including phenoxy) is 3. The minimum absolute atomic E-state index is 0.0693. The predicted octanol–water partition coefficient (Wildman–Crippen LogP) is 21.7. The van der Waals surface area contributed by atoms with Crippen molar-refractivity contribution in [2.75, 3.05) is 13.2 Å². The number of esters is 3. The van der Waals surface area contributed by atoms with E-state index in [9.17, 15) is 14.4 Å². The lowest BCUT2D eigenvalue weighted by atomic mass is 10.0. The van der Waals surface area contributed by atoms with E-state index in [2.05, 4.69) is 32.9 Å². The van der Waals surface area contributed by atoms with Crippen molar-refractivity contribution in [1.82, 2.24) is 0 Å². The first-order valence-corrected chi connectivity index (χ1v) is 32.2. The normalized spacial score (nSPS) is 12.0. The van der Waals surface area contributed by atoms with Gasteiger partial charge in [-0.1, -0.05) is 315 Å². The summed E-state index contributed by atoms with van der Waals surface area (Å²) < 4.78 is 16.7. The van der Waals surface area contributed by atoms with Crippen molar-refractivity contribution in [3.05, 3.63) is 12.2 Å². The van der Waals surface area contributed by atoms with Crippen LogP contribution in [0, 0.1) is 0 Å². The van der Waals surface area contributed by atoms with E-state index in [0.29, 0.717) is 19.3 Å². The molecule has 0 aromatic carbocycles. The van der Waals surface area contributed by atoms with Gasteiger partial charge in [0, 0.05) is 19.3 Å². The fraction of sp³-hybridized carbons (Fsp3) is 0.923. The van der Waals surface area contributed by atoms with Crippen molar-refractivity contribution in [3.63, 3.8) is 0 Å². The van der Waals surface area contributed by atoms with Crippen LogP contribution in [0.4, 0.5) is 0 Å². The third-order valence-corrected chi connectivity index (χ3v) is 14.8. The number of hydrogen-bond acceptors (Lipinski definition) is 6. The highest BCUT2D eigenvalue weighted by Gasteiger charge is 2.19. The SMILES string of the molecule is CCCCCC/C=C\CCCCCCCC(=O)OC(COC(=O)CCCCCCC)COC(=O)CCCCCCCCCCCCCCCCCCCCCCCCCCCCCCCCCCCCC. The van der Waals surface area contributed by atoms with Crippen LogP contribution in [-0.2, 0) is 28.6 Å². The second-order valence-electron chi connectivity index (χ2n) is 22.0. The maximum absolute atomic E-state index is 12.7. The molecule has 0 fully saturated rings. The second-order valence-corrected chi connectivity index (χ2v) is 22.0. The van der Waals surface area contributed by atoms with Gasteiger partial charge in [0.1, 0.15) is 13.2 Å². The van der Waals surface area contributed by atoms with Crippen LogP contribution < -0.4 is 0 Å². The number of rotatable bonds is 60. The minimum atomic E-state index is -0.767. The molecule has 0 aliphatic carbocycles. The number of allylic oxidation sites excluding steroid dienone is 2. The summed E-state index contributed by atoms with van der Waals surface area (Å²) in [5, 5.41) is 0. The Labute approximate surface area is 443 Å². The molecular weight excluding hydrogens is 877 g/mol. The molecule has 0 radical (unpaired) electrons. The van der Waals surface area contributed by atoms with Crippen LogP contribution in [0.5, 0.6) is 0 Å². The average molecular weight is 1000 g/mol. The van der Waals surface area contributed by atoms with Crippen molar-refractivity contribution < 1.29 is 28.6 Å². The number of carbonyl (C=O) groups is 3. The Morgan fingerprint density at radius 2 is 0.465 bits per heavy atom. The van der Waals surface area contributed by atoms with Gasteiger partial charge in [0.25, 0.3) is 0 Å². The van der Waals surface area contributed by atoms with Crippen LogP contribution in [0.1, 0.15) is 367 Å². The molecule has 0 aliphatic rings. The van der Waals surface area contributed by atoms with E-state index in [-0.39, 0.29) is 31.1 Å². The molecule has 420 valence electrons. The van der Waals surface area contributed by atoms with Gasteiger partial charge in [-0.25, -0.2) is 0 Å². The Morgan fingerprint density at radius 3 is 0.718 bits per heavy atom. The molecule has 0 spiro atoms. The largest absolute Gasteiger partial charge is 0.462 e. The Morgan fingerprint density at radius 1 is 0.268 bits per heavy atom. The van der Waals surface area contributed by atoms with Gasteiger partial charge in [0.05, 0.1) is 0 Å². The van der Waals surface area contributed by atoms with E-state index in [1.54, 1.807) is 0 Å². The average Bonchev–Trinajstić information content (AvgIpc) is 3.37. The molecule has 1 atom stereocenters. The summed E-state index contributed by atoms with van der Waals surface area (Å²) in [4.78, 5) is 37.7. The Bertz CT molecular complexity index is 1100. The van der Waals surface area contributed by atoms with Gasteiger partial charge in [0.15, 0.2) is 6.10 Å². The topological polar surface area (TPSA) is 78.9 Å². The third-order valence-electron chi connectivity index (χ3n) is 14.8. The van der Waals surface area contributed by atoms with Crippen LogP contribution in [0.3, 0.4) is 0 Å². The molecular formula is C65H124O6. The predicted molar refractivity (Wildman–Crippen MR) is 307 cm³/mol. The number of unbranched alkanes of at least 4 members (excludes halogenated alkanes) is 47. The summed E-state index contributed by atoms with van der Waals surface area (Å²) >= 11 is 0. The van der Waals surface area contributed by atoms with E-state index < -0.39 is 6.10 Å². The van der Waals surface area contributed by atoms with Gasteiger partial charge in [0.2, 0.25) is 0 Å². The van der Waals surface area contributed by atoms with Gasteiger partial charge in [-0.3, -0.25) is 14.4 Å². The summed E-state index contributed by atoms with van der Waals surface area (Å²) in [6, 6.07) is 0. The summed E-state index contributed by atoms with van der Waals surface area (Å²) in [6.07, 6.45) is 71.7. The van der Waals surface area contributed by atoms with Crippen molar-refractivity contribution in [2.45, 2.75) is 374 Å². The monoisotopic (exact) mass is 1000 g/mol. The van der Waals surface area contributed by atoms with Gasteiger partial charge >= 0.3 is 17.9 Å². The lowest BCUT2D eigenvalue weighted by Crippen LogP contribution is -2.30. The third kappa shape index (κ3) is 58.9. The Balaban J connectivity index is 3.79. The molecule has 0 aliphatic heterocycles.